The standard InChI is InChI=1S/C29H30BClN2O8/c1-2-16(10-17-7-8-21(35)13-24(17)31)6-9-25-26-18(15-34)11-22-27(23(26)14-30(38)41-25)29(37)32(28(22)36)19-4-3-5-20(12-19)33(39)40/h3-5,7-8,10,12-13,22-23,25,27,34-35,38H,2,6,9,11,14-15H2,1H3/b16-10+/t22-,23+,25-,27-/m1/s1. The Morgan fingerprint density at radius 2 is 2.00 bits per heavy atom. The molecule has 2 aromatic carbocycles. The van der Waals surface area contributed by atoms with Crippen LogP contribution in [0.2, 0.25) is 11.3 Å². The molecule has 2 aliphatic heterocycles. The zero-order chi connectivity index (χ0) is 29.4. The Morgan fingerprint density at radius 1 is 1.22 bits per heavy atom. The maximum atomic E-state index is 13.8. The second kappa shape index (κ2) is 11.8. The van der Waals surface area contributed by atoms with Gasteiger partial charge in [-0.2, -0.15) is 0 Å². The van der Waals surface area contributed by atoms with Crippen LogP contribution in [0, 0.1) is 27.9 Å². The van der Waals surface area contributed by atoms with Crippen molar-refractivity contribution in [3.05, 3.63) is 79.9 Å². The lowest BCUT2D eigenvalue weighted by atomic mass is 9.58. The molecule has 2 heterocycles. The Labute approximate surface area is 242 Å². The number of hydrogen-bond acceptors (Lipinski definition) is 8. The average molecular weight is 581 g/mol. The number of imide groups is 1. The lowest BCUT2D eigenvalue weighted by Crippen LogP contribution is -2.46. The molecule has 0 unspecified atom stereocenters. The number of aliphatic hydroxyl groups is 1. The van der Waals surface area contributed by atoms with Crippen LogP contribution in [-0.4, -0.2) is 51.8 Å². The van der Waals surface area contributed by atoms with Crippen LogP contribution < -0.4 is 4.90 Å². The molecule has 3 N–H and O–H groups in total. The highest BCUT2D eigenvalue weighted by Gasteiger charge is 2.57. The van der Waals surface area contributed by atoms with E-state index >= 15 is 0 Å². The van der Waals surface area contributed by atoms with E-state index in [1.54, 1.807) is 12.1 Å². The monoisotopic (exact) mass is 580 g/mol. The van der Waals surface area contributed by atoms with Crippen molar-refractivity contribution < 1.29 is 34.4 Å². The fraction of sp³-hybridized carbons (Fsp3) is 0.379. The van der Waals surface area contributed by atoms with Crippen molar-refractivity contribution in [1.29, 1.82) is 0 Å². The summed E-state index contributed by atoms with van der Waals surface area (Å²) in [6.45, 7) is 1.69. The number of halogens is 1. The molecule has 2 saturated heterocycles. The number of hydrogen-bond donors (Lipinski definition) is 3. The number of phenols is 1. The summed E-state index contributed by atoms with van der Waals surface area (Å²) in [6.07, 6.45) is 3.41. The summed E-state index contributed by atoms with van der Waals surface area (Å²) >= 11 is 6.29. The third-order valence-electron chi connectivity index (χ3n) is 8.32. The number of non-ortho nitro benzene ring substituents is 1. The van der Waals surface area contributed by atoms with Crippen molar-refractivity contribution in [2.75, 3.05) is 11.5 Å². The number of nitro benzene ring substituents is 1. The molecule has 214 valence electrons. The molecule has 4 atom stereocenters. The van der Waals surface area contributed by atoms with E-state index < -0.39 is 47.7 Å². The van der Waals surface area contributed by atoms with Gasteiger partial charge in [0, 0.05) is 12.1 Å². The minimum atomic E-state index is -1.16. The molecule has 0 spiro atoms. The molecule has 3 aliphatic rings. The number of benzene rings is 2. The summed E-state index contributed by atoms with van der Waals surface area (Å²) in [5.74, 6) is -2.90. The molecular formula is C29H30BClN2O8. The number of aliphatic hydroxyl groups excluding tert-OH is 1. The largest absolute Gasteiger partial charge is 0.508 e. The third-order valence-corrected chi connectivity index (χ3v) is 8.65. The second-order valence-electron chi connectivity index (χ2n) is 10.7. The van der Waals surface area contributed by atoms with Crippen LogP contribution in [0.4, 0.5) is 11.4 Å². The van der Waals surface area contributed by atoms with Gasteiger partial charge in [0.2, 0.25) is 11.8 Å². The van der Waals surface area contributed by atoms with Crippen LogP contribution in [0.1, 0.15) is 38.2 Å². The number of phenolic OH excluding ortho intramolecular Hbond substituents is 1. The summed E-state index contributed by atoms with van der Waals surface area (Å²) in [4.78, 5) is 39.0. The molecule has 0 bridgehead atoms. The van der Waals surface area contributed by atoms with Crippen LogP contribution in [-0.2, 0) is 14.2 Å². The maximum Gasteiger partial charge on any atom is 0.455 e. The number of rotatable bonds is 8. The van der Waals surface area contributed by atoms with Crippen molar-refractivity contribution in [3.8, 4) is 5.75 Å². The smallest absolute Gasteiger partial charge is 0.455 e. The first-order chi connectivity index (χ1) is 19.6. The number of anilines is 1. The van der Waals surface area contributed by atoms with Crippen LogP contribution in [0.5, 0.6) is 5.75 Å². The lowest BCUT2D eigenvalue weighted by Gasteiger charge is -2.43. The van der Waals surface area contributed by atoms with Gasteiger partial charge in [-0.1, -0.05) is 36.2 Å². The highest BCUT2D eigenvalue weighted by atomic mass is 35.5. The topological polar surface area (TPSA) is 150 Å². The van der Waals surface area contributed by atoms with Gasteiger partial charge in [-0.3, -0.25) is 19.7 Å². The van der Waals surface area contributed by atoms with Crippen molar-refractivity contribution in [1.82, 2.24) is 0 Å². The fourth-order valence-electron chi connectivity index (χ4n) is 6.43. The van der Waals surface area contributed by atoms with E-state index in [-0.39, 0.29) is 36.5 Å². The molecule has 12 heteroatoms. The van der Waals surface area contributed by atoms with Crippen molar-refractivity contribution in [3.63, 3.8) is 0 Å². The van der Waals surface area contributed by atoms with Crippen LogP contribution >= 0.6 is 11.6 Å². The van der Waals surface area contributed by atoms with E-state index in [0.717, 1.165) is 28.0 Å². The SMILES string of the molecule is CC/C(=C\c1ccc(O)cc1Cl)CC[C@H]1OB(O)C[C@H]2C1=C(CO)C[C@H]1C(=O)N(c3cccc([N+](=O)[O-])c3)C(=O)[C@H]12. The van der Waals surface area contributed by atoms with E-state index in [1.165, 1.54) is 30.3 Å². The Morgan fingerprint density at radius 3 is 2.68 bits per heavy atom. The van der Waals surface area contributed by atoms with Gasteiger partial charge in [-0.25, -0.2) is 4.90 Å². The zero-order valence-corrected chi connectivity index (χ0v) is 23.2. The molecule has 0 radical (unpaired) electrons. The molecular weight excluding hydrogens is 551 g/mol. The summed E-state index contributed by atoms with van der Waals surface area (Å²) in [5, 5.41) is 42.4. The zero-order valence-electron chi connectivity index (χ0n) is 22.4. The molecule has 2 fully saturated rings. The number of carbonyl (C=O) groups is 2. The summed E-state index contributed by atoms with van der Waals surface area (Å²) in [6, 6.07) is 10.2. The summed E-state index contributed by atoms with van der Waals surface area (Å²) in [5.41, 5.74) is 3.09. The predicted octanol–water partition coefficient (Wildman–Crippen LogP) is 4.52. The van der Waals surface area contributed by atoms with E-state index in [1.807, 2.05) is 13.0 Å². The van der Waals surface area contributed by atoms with Gasteiger partial charge in [0.15, 0.2) is 0 Å². The average Bonchev–Trinajstić information content (AvgIpc) is 3.20. The highest BCUT2D eigenvalue weighted by molar-refractivity contribution is 6.43. The molecule has 1 aliphatic carbocycles. The van der Waals surface area contributed by atoms with Gasteiger partial charge in [0.25, 0.3) is 5.69 Å². The molecule has 0 saturated carbocycles. The molecule has 5 rings (SSSR count). The van der Waals surface area contributed by atoms with Gasteiger partial charge < -0.3 is 19.9 Å². The highest BCUT2D eigenvalue weighted by Crippen LogP contribution is 2.51. The normalized spacial score (nSPS) is 24.5. The van der Waals surface area contributed by atoms with Crippen LogP contribution in [0.15, 0.2) is 59.2 Å². The number of nitrogens with zero attached hydrogens (tertiary/aromatic N) is 2. The molecule has 10 nitrogen and oxygen atoms in total. The van der Waals surface area contributed by atoms with Gasteiger partial charge in [0.1, 0.15) is 5.75 Å². The molecule has 2 aromatic rings. The maximum absolute atomic E-state index is 13.8. The van der Waals surface area contributed by atoms with Gasteiger partial charge in [-0.15, -0.1) is 0 Å². The number of fused-ring (bicyclic) bond motifs is 3. The number of amides is 2. The van der Waals surface area contributed by atoms with Gasteiger partial charge in [0.05, 0.1) is 40.2 Å². The fourth-order valence-corrected chi connectivity index (χ4v) is 6.66. The summed E-state index contributed by atoms with van der Waals surface area (Å²) < 4.78 is 5.95. The molecule has 41 heavy (non-hydrogen) atoms. The Hall–Kier alpha value is -3.51. The number of allylic oxidation sites excluding steroid dienone is 1. The van der Waals surface area contributed by atoms with E-state index in [4.69, 9.17) is 16.3 Å². The Kier molecular flexibility index (Phi) is 8.33. The van der Waals surface area contributed by atoms with E-state index in [9.17, 15) is 34.9 Å². The first-order valence-corrected chi connectivity index (χ1v) is 14.0. The van der Waals surface area contributed by atoms with E-state index in [2.05, 4.69) is 0 Å². The van der Waals surface area contributed by atoms with Crippen LogP contribution in [0.25, 0.3) is 6.08 Å². The lowest BCUT2D eigenvalue weighted by molar-refractivity contribution is -0.384. The van der Waals surface area contributed by atoms with Gasteiger partial charge in [-0.05, 0) is 78.9 Å². The second-order valence-corrected chi connectivity index (χ2v) is 11.1. The Balaban J connectivity index is 1.43. The minimum Gasteiger partial charge on any atom is -0.508 e. The predicted molar refractivity (Wildman–Crippen MR) is 153 cm³/mol. The van der Waals surface area contributed by atoms with Crippen LogP contribution in [0.3, 0.4) is 0 Å². The number of aromatic hydroxyl groups is 1. The third kappa shape index (κ3) is 5.55. The quantitative estimate of drug-likeness (QED) is 0.136. The van der Waals surface area contributed by atoms with Crippen molar-refractivity contribution >= 4 is 48.0 Å². The van der Waals surface area contributed by atoms with Crippen molar-refractivity contribution in [2.45, 2.75) is 45.0 Å². The molecule has 2 amide bonds. The van der Waals surface area contributed by atoms with Gasteiger partial charge >= 0.3 is 7.12 Å². The first kappa shape index (κ1) is 29.0. The van der Waals surface area contributed by atoms with E-state index in [0.29, 0.717) is 23.4 Å². The molecule has 0 aromatic heterocycles. The Bertz CT molecular complexity index is 1460. The van der Waals surface area contributed by atoms with Crippen molar-refractivity contribution in [2.24, 2.45) is 17.8 Å². The summed E-state index contributed by atoms with van der Waals surface area (Å²) in [7, 11) is -1.16. The first-order valence-electron chi connectivity index (χ1n) is 13.6. The number of nitro groups is 1. The minimum absolute atomic E-state index is 0.0731. The number of carbonyl (C=O) groups excluding carboxylic acids is 2.